The molecule has 0 aliphatic rings. The number of halogens is 1. The van der Waals surface area contributed by atoms with Gasteiger partial charge in [0.2, 0.25) is 0 Å². The van der Waals surface area contributed by atoms with Crippen molar-refractivity contribution in [3.05, 3.63) is 35.8 Å². The Balaban J connectivity index is 2.41. The lowest BCUT2D eigenvalue weighted by Gasteiger charge is -2.24. The van der Waals surface area contributed by atoms with Crippen LogP contribution in [0.15, 0.2) is 28.7 Å². The highest BCUT2D eigenvalue weighted by molar-refractivity contribution is 5.78. The maximum atomic E-state index is 13.7. The van der Waals surface area contributed by atoms with E-state index in [1.54, 1.807) is 6.07 Å². The highest BCUT2D eigenvalue weighted by Gasteiger charge is 2.23. The molecular weight excluding hydrogens is 241 g/mol. The smallest absolute Gasteiger partial charge is 0.169 e. The zero-order valence-electron chi connectivity index (χ0n) is 11.9. The van der Waals surface area contributed by atoms with E-state index in [9.17, 15) is 4.39 Å². The van der Waals surface area contributed by atoms with E-state index in [1.807, 2.05) is 12.1 Å². The zero-order chi connectivity index (χ0) is 13.8. The molecule has 0 spiro atoms. The number of benzene rings is 1. The minimum atomic E-state index is -0.288. The van der Waals surface area contributed by atoms with E-state index in [0.717, 1.165) is 30.5 Å². The molecule has 0 aliphatic heterocycles. The van der Waals surface area contributed by atoms with Crippen LogP contribution in [0.1, 0.15) is 45.4 Å². The van der Waals surface area contributed by atoms with Crippen LogP contribution in [-0.2, 0) is 0 Å². The Labute approximate surface area is 114 Å². The summed E-state index contributed by atoms with van der Waals surface area (Å²) < 4.78 is 19.5. The molecule has 19 heavy (non-hydrogen) atoms. The van der Waals surface area contributed by atoms with Crippen molar-refractivity contribution in [2.24, 2.45) is 5.92 Å². The van der Waals surface area contributed by atoms with Gasteiger partial charge in [0.05, 0.1) is 6.04 Å². The van der Waals surface area contributed by atoms with E-state index in [4.69, 9.17) is 4.42 Å². The fourth-order valence-electron chi connectivity index (χ4n) is 2.68. The number of hydrogen-bond donors (Lipinski definition) is 1. The van der Waals surface area contributed by atoms with E-state index in [1.165, 1.54) is 6.07 Å². The monoisotopic (exact) mass is 263 g/mol. The molecule has 1 atom stereocenters. The Morgan fingerprint density at radius 1 is 1.21 bits per heavy atom. The first-order valence-corrected chi connectivity index (χ1v) is 7.12. The molecular formula is C16H22FNO. The van der Waals surface area contributed by atoms with Gasteiger partial charge in [0, 0.05) is 5.39 Å². The fourth-order valence-corrected chi connectivity index (χ4v) is 2.68. The van der Waals surface area contributed by atoms with E-state index >= 15 is 0 Å². The Morgan fingerprint density at radius 3 is 2.53 bits per heavy atom. The average Bonchev–Trinajstić information content (AvgIpc) is 2.84. The molecule has 2 aromatic rings. The van der Waals surface area contributed by atoms with E-state index in [0.29, 0.717) is 11.5 Å². The molecule has 0 saturated heterocycles. The predicted molar refractivity (Wildman–Crippen MR) is 76.7 cm³/mol. The third-order valence-electron chi connectivity index (χ3n) is 3.77. The first-order chi connectivity index (χ1) is 9.21. The van der Waals surface area contributed by atoms with Crippen LogP contribution in [0.3, 0.4) is 0 Å². The van der Waals surface area contributed by atoms with Crippen LogP contribution < -0.4 is 5.32 Å². The topological polar surface area (TPSA) is 25.2 Å². The van der Waals surface area contributed by atoms with Gasteiger partial charge in [-0.3, -0.25) is 0 Å². The first kappa shape index (κ1) is 14.1. The standard InChI is InChI=1S/C16H22FNO/c1-4-11(5-2)15(18-6-3)14-10-12-8-7-9-13(17)16(12)19-14/h7-11,15,18H,4-6H2,1-3H3. The Kier molecular flexibility index (Phi) is 4.59. The van der Waals surface area contributed by atoms with Gasteiger partial charge in [0.1, 0.15) is 5.76 Å². The molecule has 1 N–H and O–H groups in total. The van der Waals surface area contributed by atoms with Gasteiger partial charge in [-0.05, 0) is 24.6 Å². The maximum Gasteiger partial charge on any atom is 0.169 e. The summed E-state index contributed by atoms with van der Waals surface area (Å²) in [6, 6.07) is 7.17. The second-order valence-corrected chi connectivity index (χ2v) is 4.92. The van der Waals surface area contributed by atoms with Crippen LogP contribution in [0.2, 0.25) is 0 Å². The number of hydrogen-bond acceptors (Lipinski definition) is 2. The predicted octanol–water partition coefficient (Wildman–Crippen LogP) is 4.66. The van der Waals surface area contributed by atoms with Gasteiger partial charge in [-0.2, -0.15) is 0 Å². The van der Waals surface area contributed by atoms with Crippen molar-refractivity contribution >= 4 is 11.0 Å². The minimum absolute atomic E-state index is 0.159. The average molecular weight is 263 g/mol. The summed E-state index contributed by atoms with van der Waals surface area (Å²) in [5.74, 6) is 1.06. The summed E-state index contributed by atoms with van der Waals surface area (Å²) in [5, 5.41) is 4.30. The maximum absolute atomic E-state index is 13.7. The summed E-state index contributed by atoms with van der Waals surface area (Å²) >= 11 is 0. The van der Waals surface area contributed by atoms with Gasteiger partial charge in [0.15, 0.2) is 11.4 Å². The second-order valence-electron chi connectivity index (χ2n) is 4.92. The summed E-state index contributed by atoms with van der Waals surface area (Å²) in [5.41, 5.74) is 0.367. The van der Waals surface area contributed by atoms with Crippen molar-refractivity contribution in [2.75, 3.05) is 6.54 Å². The van der Waals surface area contributed by atoms with Crippen molar-refractivity contribution < 1.29 is 8.81 Å². The van der Waals surface area contributed by atoms with Crippen molar-refractivity contribution in [1.29, 1.82) is 0 Å². The Hall–Kier alpha value is -1.35. The van der Waals surface area contributed by atoms with Gasteiger partial charge in [-0.1, -0.05) is 45.7 Å². The van der Waals surface area contributed by atoms with Crippen molar-refractivity contribution in [3.63, 3.8) is 0 Å². The number of nitrogens with one attached hydrogen (secondary N) is 1. The van der Waals surface area contributed by atoms with E-state index < -0.39 is 0 Å². The number of rotatable bonds is 6. The molecule has 0 amide bonds. The van der Waals surface area contributed by atoms with Crippen LogP contribution in [0.4, 0.5) is 4.39 Å². The highest BCUT2D eigenvalue weighted by atomic mass is 19.1. The largest absolute Gasteiger partial charge is 0.456 e. The lowest BCUT2D eigenvalue weighted by Crippen LogP contribution is -2.27. The molecule has 0 radical (unpaired) electrons. The van der Waals surface area contributed by atoms with Crippen LogP contribution in [0, 0.1) is 11.7 Å². The lowest BCUT2D eigenvalue weighted by molar-refractivity contribution is 0.303. The third kappa shape index (κ3) is 2.81. The molecule has 0 saturated carbocycles. The highest BCUT2D eigenvalue weighted by Crippen LogP contribution is 2.32. The molecule has 2 nitrogen and oxygen atoms in total. The summed E-state index contributed by atoms with van der Waals surface area (Å²) in [6.45, 7) is 7.32. The molecule has 1 unspecified atom stereocenters. The molecule has 0 aliphatic carbocycles. The van der Waals surface area contributed by atoms with Crippen LogP contribution in [0.5, 0.6) is 0 Å². The van der Waals surface area contributed by atoms with Crippen molar-refractivity contribution in [2.45, 2.75) is 39.7 Å². The van der Waals surface area contributed by atoms with Gasteiger partial charge in [0.25, 0.3) is 0 Å². The summed E-state index contributed by atoms with van der Waals surface area (Å²) in [6.07, 6.45) is 2.15. The summed E-state index contributed by atoms with van der Waals surface area (Å²) in [4.78, 5) is 0. The van der Waals surface area contributed by atoms with E-state index in [2.05, 4.69) is 26.1 Å². The molecule has 0 fully saturated rings. The molecule has 1 heterocycles. The Morgan fingerprint density at radius 2 is 1.95 bits per heavy atom. The molecule has 1 aromatic heterocycles. The zero-order valence-corrected chi connectivity index (χ0v) is 11.9. The second kappa shape index (κ2) is 6.20. The molecule has 0 bridgehead atoms. The normalized spacial score (nSPS) is 13.3. The minimum Gasteiger partial charge on any atom is -0.456 e. The van der Waals surface area contributed by atoms with Gasteiger partial charge >= 0.3 is 0 Å². The quantitative estimate of drug-likeness (QED) is 0.820. The number of fused-ring (bicyclic) bond motifs is 1. The van der Waals surface area contributed by atoms with Gasteiger partial charge < -0.3 is 9.73 Å². The van der Waals surface area contributed by atoms with Gasteiger partial charge in [-0.25, -0.2) is 4.39 Å². The SMILES string of the molecule is CCNC(c1cc2cccc(F)c2o1)C(CC)CC. The lowest BCUT2D eigenvalue weighted by atomic mass is 9.92. The number of furan rings is 1. The number of para-hydroxylation sites is 1. The van der Waals surface area contributed by atoms with Crippen LogP contribution in [-0.4, -0.2) is 6.54 Å². The van der Waals surface area contributed by atoms with Crippen LogP contribution in [0.25, 0.3) is 11.0 Å². The Bertz CT molecular complexity index is 531. The molecule has 3 heteroatoms. The molecule has 104 valence electrons. The first-order valence-electron chi connectivity index (χ1n) is 7.12. The third-order valence-corrected chi connectivity index (χ3v) is 3.77. The van der Waals surface area contributed by atoms with Gasteiger partial charge in [-0.15, -0.1) is 0 Å². The van der Waals surface area contributed by atoms with Crippen molar-refractivity contribution in [3.8, 4) is 0 Å². The fraction of sp³-hybridized carbons (Fsp3) is 0.500. The van der Waals surface area contributed by atoms with Crippen molar-refractivity contribution in [1.82, 2.24) is 5.32 Å². The summed E-state index contributed by atoms with van der Waals surface area (Å²) in [7, 11) is 0. The molecule has 2 rings (SSSR count). The van der Waals surface area contributed by atoms with E-state index in [-0.39, 0.29) is 11.9 Å². The van der Waals surface area contributed by atoms with Crippen LogP contribution >= 0.6 is 0 Å². The molecule has 1 aromatic carbocycles.